The van der Waals surface area contributed by atoms with Crippen molar-refractivity contribution in [2.75, 3.05) is 20.3 Å². The van der Waals surface area contributed by atoms with Crippen LogP contribution in [0.15, 0.2) is 42.5 Å². The molecule has 0 fully saturated rings. The molecule has 1 aromatic rings. The fourth-order valence-corrected chi connectivity index (χ4v) is 6.17. The molecule has 5 atom stereocenters. The lowest BCUT2D eigenvalue weighted by Crippen LogP contribution is -2.54. The number of hydrogen-bond acceptors (Lipinski definition) is 8. The second kappa shape index (κ2) is 14.4. The van der Waals surface area contributed by atoms with Crippen LogP contribution in [-0.4, -0.2) is 79.5 Å². The third-order valence-electron chi connectivity index (χ3n) is 9.12. The average Bonchev–Trinajstić information content (AvgIpc) is 3.04. The Balaban J connectivity index is 2.58. The van der Waals surface area contributed by atoms with E-state index in [4.69, 9.17) is 27.8 Å². The van der Waals surface area contributed by atoms with Crippen molar-refractivity contribution in [3.8, 4) is 0 Å². The Kier molecular flexibility index (Phi) is 12.5. The van der Waals surface area contributed by atoms with Crippen molar-refractivity contribution in [1.29, 1.82) is 0 Å². The smallest absolute Gasteiger partial charge is 0.432 e. The fourth-order valence-electron chi connectivity index (χ4n) is 4.14. The molecule has 0 aliphatic carbocycles. The molecule has 0 saturated heterocycles. The van der Waals surface area contributed by atoms with Crippen molar-refractivity contribution in [1.82, 2.24) is 0 Å². The lowest BCUT2D eigenvalue weighted by atomic mass is 9.92. The van der Waals surface area contributed by atoms with E-state index >= 15 is 0 Å². The molecule has 0 amide bonds. The van der Waals surface area contributed by atoms with Crippen LogP contribution in [0.3, 0.4) is 0 Å². The van der Waals surface area contributed by atoms with Gasteiger partial charge in [-0.3, -0.25) is 4.79 Å². The Labute approximate surface area is 268 Å². The van der Waals surface area contributed by atoms with Gasteiger partial charge in [0.2, 0.25) is 0 Å². The van der Waals surface area contributed by atoms with Crippen LogP contribution in [0.2, 0.25) is 36.3 Å². The SMILES string of the molecule is CO[C@@](C(=O)O[C@@H]1C=C[C@H](OC(C)=O)[C@@H](CO[Si](C)(C)C(C)(C)C)O[C@H]1CO[Si](C)(C)C(C)(C)C)(c1ccccc1)C(F)(F)F. The summed E-state index contributed by atoms with van der Waals surface area (Å²) in [6.07, 6.45) is -6.54. The van der Waals surface area contributed by atoms with Gasteiger partial charge in [-0.2, -0.15) is 13.2 Å². The Bertz CT molecular complexity index is 1180. The minimum Gasteiger partial charge on any atom is -0.455 e. The van der Waals surface area contributed by atoms with Gasteiger partial charge >= 0.3 is 18.1 Å². The normalized spacial score (nSPS) is 23.2. The number of benzene rings is 1. The maximum absolute atomic E-state index is 14.7. The van der Waals surface area contributed by atoms with E-state index in [2.05, 4.69) is 33.9 Å². The first kappa shape index (κ1) is 39.1. The number of alkyl halides is 3. The molecule has 1 aliphatic heterocycles. The maximum Gasteiger partial charge on any atom is 0.432 e. The summed E-state index contributed by atoms with van der Waals surface area (Å²) in [4.78, 5) is 25.7. The van der Waals surface area contributed by atoms with E-state index < -0.39 is 70.3 Å². The summed E-state index contributed by atoms with van der Waals surface area (Å²) in [5.41, 5.74) is -3.84. The highest BCUT2D eigenvalue weighted by molar-refractivity contribution is 6.74. The molecule has 0 spiro atoms. The first-order valence-electron chi connectivity index (χ1n) is 15.1. The van der Waals surface area contributed by atoms with Crippen LogP contribution in [0.1, 0.15) is 54.0 Å². The van der Waals surface area contributed by atoms with E-state index in [0.29, 0.717) is 0 Å². The molecule has 0 saturated carbocycles. The topological polar surface area (TPSA) is 89.5 Å². The Morgan fingerprint density at radius 3 is 1.56 bits per heavy atom. The zero-order valence-corrected chi connectivity index (χ0v) is 30.7. The number of ether oxygens (including phenoxy) is 4. The lowest BCUT2D eigenvalue weighted by molar-refractivity contribution is -0.279. The second-order valence-corrected chi connectivity index (χ2v) is 24.1. The molecule has 2 rings (SSSR count). The predicted octanol–water partition coefficient (Wildman–Crippen LogP) is 7.30. The fraction of sp³-hybridized carbons (Fsp3) is 0.688. The maximum atomic E-state index is 14.7. The molecule has 1 heterocycles. The molecule has 0 bridgehead atoms. The molecule has 256 valence electrons. The van der Waals surface area contributed by atoms with Gasteiger partial charge in [-0.1, -0.05) is 71.9 Å². The van der Waals surface area contributed by atoms with Gasteiger partial charge in [-0.05, 0) is 48.4 Å². The standard InChI is InChI=1S/C32H51F3O8Si2/c1-22(36)41-24-18-19-25(43-28(37)31(38-8,32(33,34)35)23-16-14-13-15-17-23)27(21-40-45(11,12)30(5,6)7)42-26(24)20-39-44(9,10)29(2,3)4/h13-19,24-27H,20-21H2,1-12H3/t24-,25+,26+,27-,31+/m0/s1. The number of esters is 2. The van der Waals surface area contributed by atoms with E-state index in [9.17, 15) is 22.8 Å². The van der Waals surface area contributed by atoms with E-state index in [1.165, 1.54) is 37.3 Å². The van der Waals surface area contributed by atoms with Crippen LogP contribution in [0, 0.1) is 0 Å². The van der Waals surface area contributed by atoms with Crippen molar-refractivity contribution in [3.05, 3.63) is 48.0 Å². The van der Waals surface area contributed by atoms with Crippen molar-refractivity contribution in [2.45, 2.75) is 121 Å². The largest absolute Gasteiger partial charge is 0.455 e. The van der Waals surface area contributed by atoms with Crippen molar-refractivity contribution < 1.29 is 50.6 Å². The summed E-state index contributed by atoms with van der Waals surface area (Å²) in [5, 5.41) is -0.328. The molecular formula is C32H51F3O8Si2. The van der Waals surface area contributed by atoms with Gasteiger partial charge in [0.25, 0.3) is 5.60 Å². The van der Waals surface area contributed by atoms with E-state index in [-0.39, 0.29) is 23.3 Å². The third-order valence-corrected chi connectivity index (χ3v) is 18.1. The van der Waals surface area contributed by atoms with E-state index in [0.717, 1.165) is 19.2 Å². The summed E-state index contributed by atoms with van der Waals surface area (Å²) in [7, 11) is -3.89. The monoisotopic (exact) mass is 676 g/mol. The number of methoxy groups -OCH3 is 1. The minimum absolute atomic E-state index is 0.0324. The molecule has 45 heavy (non-hydrogen) atoms. The van der Waals surface area contributed by atoms with Crippen LogP contribution in [0.4, 0.5) is 13.2 Å². The van der Waals surface area contributed by atoms with Crippen LogP contribution >= 0.6 is 0 Å². The average molecular weight is 677 g/mol. The number of halogens is 3. The van der Waals surface area contributed by atoms with Gasteiger partial charge in [0, 0.05) is 19.6 Å². The van der Waals surface area contributed by atoms with Gasteiger partial charge < -0.3 is 27.8 Å². The van der Waals surface area contributed by atoms with Gasteiger partial charge in [-0.15, -0.1) is 0 Å². The van der Waals surface area contributed by atoms with Gasteiger partial charge in [0.15, 0.2) is 16.6 Å². The van der Waals surface area contributed by atoms with Gasteiger partial charge in [-0.25, -0.2) is 4.79 Å². The van der Waals surface area contributed by atoms with Gasteiger partial charge in [0.1, 0.15) is 24.4 Å². The summed E-state index contributed by atoms with van der Waals surface area (Å²) in [6, 6.07) is 6.59. The van der Waals surface area contributed by atoms with Crippen LogP contribution in [0.5, 0.6) is 0 Å². The van der Waals surface area contributed by atoms with E-state index in [1.807, 2.05) is 33.9 Å². The highest BCUT2D eigenvalue weighted by Crippen LogP contribution is 2.44. The summed E-state index contributed by atoms with van der Waals surface area (Å²) in [5.74, 6) is -2.26. The first-order valence-corrected chi connectivity index (χ1v) is 20.9. The number of rotatable bonds is 11. The van der Waals surface area contributed by atoms with Crippen LogP contribution < -0.4 is 0 Å². The number of carbonyl (C=O) groups excluding carboxylic acids is 2. The molecule has 8 nitrogen and oxygen atoms in total. The molecule has 0 radical (unpaired) electrons. The molecule has 13 heteroatoms. The van der Waals surface area contributed by atoms with Crippen molar-refractivity contribution >= 4 is 28.6 Å². The molecule has 0 unspecified atom stereocenters. The van der Waals surface area contributed by atoms with Gasteiger partial charge in [0.05, 0.1) is 13.2 Å². The summed E-state index contributed by atoms with van der Waals surface area (Å²) in [6.45, 7) is 21.7. The quantitative estimate of drug-likeness (QED) is 0.137. The predicted molar refractivity (Wildman–Crippen MR) is 171 cm³/mol. The Hall–Kier alpha value is -2.04. The number of hydrogen-bond donors (Lipinski definition) is 0. The molecular weight excluding hydrogens is 626 g/mol. The zero-order chi connectivity index (χ0) is 34.6. The Morgan fingerprint density at radius 2 is 1.20 bits per heavy atom. The highest BCUT2D eigenvalue weighted by Gasteiger charge is 2.64. The number of carbonyl (C=O) groups is 2. The minimum atomic E-state index is -5.16. The third kappa shape index (κ3) is 9.28. The highest BCUT2D eigenvalue weighted by atomic mass is 28.4. The van der Waals surface area contributed by atoms with Crippen molar-refractivity contribution in [3.63, 3.8) is 0 Å². The van der Waals surface area contributed by atoms with E-state index in [1.54, 1.807) is 0 Å². The molecule has 0 N–H and O–H groups in total. The summed E-state index contributed by atoms with van der Waals surface area (Å²) >= 11 is 0. The van der Waals surface area contributed by atoms with Crippen LogP contribution in [0.25, 0.3) is 0 Å². The first-order chi connectivity index (χ1) is 20.4. The van der Waals surface area contributed by atoms with Crippen LogP contribution in [-0.2, 0) is 43.0 Å². The molecule has 0 aromatic heterocycles. The summed E-state index contributed by atoms with van der Waals surface area (Å²) < 4.78 is 79.5. The molecule has 1 aliphatic rings. The molecule has 1 aromatic carbocycles. The van der Waals surface area contributed by atoms with Crippen molar-refractivity contribution in [2.24, 2.45) is 0 Å². The second-order valence-electron chi connectivity index (χ2n) is 14.4. The zero-order valence-electron chi connectivity index (χ0n) is 28.7. The Morgan fingerprint density at radius 1 is 0.778 bits per heavy atom. The lowest BCUT2D eigenvalue weighted by Gasteiger charge is -2.40.